The summed E-state index contributed by atoms with van der Waals surface area (Å²) in [5, 5.41) is 8.62. The van der Waals surface area contributed by atoms with Crippen molar-refractivity contribution in [3.8, 4) is 11.8 Å². The van der Waals surface area contributed by atoms with E-state index in [-0.39, 0.29) is 12.3 Å². The van der Waals surface area contributed by atoms with Crippen LogP contribution in [0.5, 0.6) is 0 Å². The second-order valence-corrected chi connectivity index (χ2v) is 5.10. The van der Waals surface area contributed by atoms with Gasteiger partial charge in [0.1, 0.15) is 6.61 Å². The van der Waals surface area contributed by atoms with Gasteiger partial charge in [0.2, 0.25) is 0 Å². The molecule has 7 nitrogen and oxygen atoms in total. The van der Waals surface area contributed by atoms with Gasteiger partial charge in [-0.2, -0.15) is 8.42 Å². The van der Waals surface area contributed by atoms with Gasteiger partial charge in [0.05, 0.1) is 12.8 Å². The number of methoxy groups -OCH3 is 1. The van der Waals surface area contributed by atoms with Crippen LogP contribution in [0.3, 0.4) is 0 Å². The van der Waals surface area contributed by atoms with E-state index in [0.717, 1.165) is 7.11 Å². The number of benzene rings is 1. The fourth-order valence-corrected chi connectivity index (χ4v) is 2.14. The zero-order chi connectivity index (χ0) is 15.2. The maximum atomic E-state index is 11.6. The molecule has 1 amide bonds. The number of aryl methyl sites for hydroxylation is 1. The SMILES string of the molecule is COC(=O)NS(=O)(=O)Nc1cc(C#CCO)ccc1C. The van der Waals surface area contributed by atoms with E-state index < -0.39 is 16.3 Å². The van der Waals surface area contributed by atoms with E-state index >= 15 is 0 Å². The Bertz CT molecular complexity index is 658. The van der Waals surface area contributed by atoms with Crippen molar-refractivity contribution in [1.82, 2.24) is 4.72 Å². The number of amides is 1. The minimum Gasteiger partial charge on any atom is -0.452 e. The fraction of sp³-hybridized carbons (Fsp3) is 0.250. The molecule has 0 fully saturated rings. The first-order valence-corrected chi connectivity index (χ1v) is 6.95. The summed E-state index contributed by atoms with van der Waals surface area (Å²) in [7, 11) is -3.02. The van der Waals surface area contributed by atoms with Gasteiger partial charge in [0.15, 0.2) is 0 Å². The molecule has 0 aliphatic rings. The molecule has 8 heteroatoms. The van der Waals surface area contributed by atoms with Gasteiger partial charge >= 0.3 is 16.3 Å². The summed E-state index contributed by atoms with van der Waals surface area (Å²) in [6, 6.07) is 4.84. The van der Waals surface area contributed by atoms with Crippen molar-refractivity contribution in [2.24, 2.45) is 0 Å². The molecule has 0 bridgehead atoms. The number of anilines is 1. The number of carbonyl (C=O) groups excluding carboxylic acids is 1. The van der Waals surface area contributed by atoms with Crippen LogP contribution >= 0.6 is 0 Å². The maximum absolute atomic E-state index is 11.6. The van der Waals surface area contributed by atoms with Gasteiger partial charge in [-0.1, -0.05) is 17.9 Å². The number of hydrogen-bond acceptors (Lipinski definition) is 5. The van der Waals surface area contributed by atoms with Crippen molar-refractivity contribution in [1.29, 1.82) is 0 Å². The van der Waals surface area contributed by atoms with Crippen LogP contribution in [0.15, 0.2) is 18.2 Å². The van der Waals surface area contributed by atoms with Gasteiger partial charge in [-0.25, -0.2) is 9.52 Å². The third kappa shape index (κ3) is 4.79. The van der Waals surface area contributed by atoms with Crippen molar-refractivity contribution in [2.45, 2.75) is 6.92 Å². The van der Waals surface area contributed by atoms with Crippen LogP contribution in [0.1, 0.15) is 11.1 Å². The molecule has 0 aliphatic carbocycles. The number of carbonyl (C=O) groups is 1. The van der Waals surface area contributed by atoms with Crippen LogP contribution in [0.2, 0.25) is 0 Å². The van der Waals surface area contributed by atoms with Crippen LogP contribution in [-0.2, 0) is 14.9 Å². The Hall–Kier alpha value is -2.24. The summed E-state index contributed by atoms with van der Waals surface area (Å²) >= 11 is 0. The predicted octanol–water partition coefficient (Wildman–Crippen LogP) is 0.352. The Kier molecular flexibility index (Phi) is 5.37. The highest BCUT2D eigenvalue weighted by Gasteiger charge is 2.15. The molecule has 0 saturated carbocycles. The Morgan fingerprint density at radius 2 is 2.15 bits per heavy atom. The van der Waals surface area contributed by atoms with Crippen molar-refractivity contribution < 1.29 is 23.1 Å². The largest absolute Gasteiger partial charge is 0.452 e. The summed E-state index contributed by atoms with van der Waals surface area (Å²) in [6.45, 7) is 1.40. The van der Waals surface area contributed by atoms with Gasteiger partial charge < -0.3 is 9.84 Å². The van der Waals surface area contributed by atoms with E-state index in [0.29, 0.717) is 11.1 Å². The van der Waals surface area contributed by atoms with Crippen LogP contribution in [-0.4, -0.2) is 33.3 Å². The van der Waals surface area contributed by atoms with Gasteiger partial charge in [-0.05, 0) is 24.6 Å². The minimum absolute atomic E-state index is 0.270. The molecule has 0 aliphatic heterocycles. The van der Waals surface area contributed by atoms with Crippen molar-refractivity contribution in [2.75, 3.05) is 18.4 Å². The molecule has 0 atom stereocenters. The first kappa shape index (κ1) is 15.8. The number of aliphatic hydroxyl groups is 1. The van der Waals surface area contributed by atoms with Gasteiger partial charge in [-0.15, -0.1) is 0 Å². The summed E-state index contributed by atoms with van der Waals surface area (Å²) in [6.07, 6.45) is -1.09. The van der Waals surface area contributed by atoms with E-state index in [1.54, 1.807) is 23.8 Å². The topological polar surface area (TPSA) is 105 Å². The number of aliphatic hydroxyl groups excluding tert-OH is 1. The quantitative estimate of drug-likeness (QED) is 0.698. The molecule has 1 aromatic carbocycles. The Balaban J connectivity index is 2.99. The lowest BCUT2D eigenvalue weighted by molar-refractivity contribution is 0.177. The summed E-state index contributed by atoms with van der Waals surface area (Å²) in [5.74, 6) is 5.11. The number of hydrogen-bond donors (Lipinski definition) is 3. The second-order valence-electron chi connectivity index (χ2n) is 3.69. The zero-order valence-corrected chi connectivity index (χ0v) is 11.7. The van der Waals surface area contributed by atoms with E-state index in [9.17, 15) is 13.2 Å². The molecule has 0 saturated heterocycles. The Morgan fingerprint density at radius 3 is 2.75 bits per heavy atom. The second kappa shape index (κ2) is 6.79. The molecule has 0 unspecified atom stereocenters. The maximum Gasteiger partial charge on any atom is 0.422 e. The van der Waals surface area contributed by atoms with Gasteiger partial charge in [-0.3, -0.25) is 4.72 Å². The molecule has 3 N–H and O–H groups in total. The van der Waals surface area contributed by atoms with Gasteiger partial charge in [0.25, 0.3) is 0 Å². The first-order chi connectivity index (χ1) is 9.38. The van der Waals surface area contributed by atoms with Gasteiger partial charge in [0, 0.05) is 5.56 Å². The highest BCUT2D eigenvalue weighted by molar-refractivity contribution is 7.91. The highest BCUT2D eigenvalue weighted by atomic mass is 32.2. The predicted molar refractivity (Wildman–Crippen MR) is 73.2 cm³/mol. The van der Waals surface area contributed by atoms with Crippen LogP contribution < -0.4 is 9.44 Å². The lowest BCUT2D eigenvalue weighted by Gasteiger charge is -2.11. The fourth-order valence-electron chi connectivity index (χ4n) is 1.27. The average Bonchev–Trinajstić information content (AvgIpc) is 2.38. The van der Waals surface area contributed by atoms with Crippen molar-refractivity contribution in [3.63, 3.8) is 0 Å². The smallest absolute Gasteiger partial charge is 0.422 e. The van der Waals surface area contributed by atoms with Crippen LogP contribution in [0.4, 0.5) is 10.5 Å². The molecule has 108 valence electrons. The molecule has 0 heterocycles. The lowest BCUT2D eigenvalue weighted by Crippen LogP contribution is -2.35. The molecule has 0 aromatic heterocycles. The van der Waals surface area contributed by atoms with E-state index in [1.807, 2.05) is 0 Å². The Morgan fingerprint density at radius 1 is 1.45 bits per heavy atom. The molecule has 0 spiro atoms. The summed E-state index contributed by atoms with van der Waals surface area (Å²) in [5.41, 5.74) is 1.45. The number of rotatable bonds is 3. The number of nitrogens with one attached hydrogen (secondary N) is 2. The first-order valence-electron chi connectivity index (χ1n) is 5.47. The molecule has 1 rings (SSSR count). The molecule has 0 radical (unpaired) electrons. The van der Waals surface area contributed by atoms with E-state index in [1.165, 1.54) is 6.07 Å². The van der Waals surface area contributed by atoms with Crippen LogP contribution in [0.25, 0.3) is 0 Å². The normalized spacial score (nSPS) is 10.2. The molecule has 1 aromatic rings. The third-order valence-corrected chi connectivity index (χ3v) is 3.12. The van der Waals surface area contributed by atoms with E-state index in [2.05, 4.69) is 21.3 Å². The van der Waals surface area contributed by atoms with Crippen LogP contribution in [0, 0.1) is 18.8 Å². The summed E-state index contributed by atoms with van der Waals surface area (Å²) in [4.78, 5) is 10.9. The van der Waals surface area contributed by atoms with Crippen molar-refractivity contribution >= 4 is 22.0 Å². The minimum atomic E-state index is -4.08. The average molecular weight is 298 g/mol. The number of ether oxygens (including phenoxy) is 1. The highest BCUT2D eigenvalue weighted by Crippen LogP contribution is 2.17. The van der Waals surface area contributed by atoms with E-state index in [4.69, 9.17) is 5.11 Å². The summed E-state index contributed by atoms with van der Waals surface area (Å²) < 4.78 is 31.4. The zero-order valence-electron chi connectivity index (χ0n) is 10.9. The standard InChI is InChI=1S/C12H14N2O5S/c1-9-5-6-10(4-3-7-15)8-11(9)13-20(17,18)14-12(16)19-2/h5-6,8,13,15H,7H2,1-2H3,(H,14,16). The Labute approximate surface area is 117 Å². The molecule has 20 heavy (non-hydrogen) atoms. The monoisotopic (exact) mass is 298 g/mol. The third-order valence-electron chi connectivity index (χ3n) is 2.20. The lowest BCUT2D eigenvalue weighted by atomic mass is 10.1. The molecular weight excluding hydrogens is 284 g/mol. The molecular formula is C12H14N2O5S. The van der Waals surface area contributed by atoms with Crippen molar-refractivity contribution in [3.05, 3.63) is 29.3 Å².